The van der Waals surface area contributed by atoms with E-state index in [1.165, 1.54) is 0 Å². The lowest BCUT2D eigenvalue weighted by molar-refractivity contribution is 0.0517. The third kappa shape index (κ3) is 1.97. The molecule has 0 radical (unpaired) electrons. The van der Waals surface area contributed by atoms with Crippen LogP contribution in [0.5, 0.6) is 0 Å². The largest absolute Gasteiger partial charge is 0.417 e. The summed E-state index contributed by atoms with van der Waals surface area (Å²) in [5.41, 5.74) is -0.0397. The van der Waals surface area contributed by atoms with Crippen LogP contribution in [0.4, 0.5) is 0 Å². The van der Waals surface area contributed by atoms with Crippen LogP contribution < -0.4 is 0 Å². The number of hydrogen-bond donors (Lipinski definition) is 0. The van der Waals surface area contributed by atoms with Crippen molar-refractivity contribution in [1.82, 2.24) is 0 Å². The van der Waals surface area contributed by atoms with Crippen molar-refractivity contribution in [2.24, 2.45) is 0 Å². The van der Waals surface area contributed by atoms with Crippen LogP contribution in [0.2, 0.25) is 19.1 Å². The lowest BCUT2D eigenvalue weighted by atomic mass is 10.1. The quantitative estimate of drug-likeness (QED) is 0.686. The molecule has 84 valence electrons. The fraction of sp³-hybridized carbons (Fsp3) is 1.00. The Hall–Kier alpha value is 0.314. The molecule has 1 fully saturated rings. The fourth-order valence-corrected chi connectivity index (χ4v) is 11.6. The predicted octanol–water partition coefficient (Wildman–Crippen LogP) is 2.20. The van der Waals surface area contributed by atoms with Crippen LogP contribution in [-0.4, -0.2) is 35.7 Å². The van der Waals surface area contributed by atoms with Gasteiger partial charge in [0.05, 0.1) is 5.60 Å². The van der Waals surface area contributed by atoms with Crippen LogP contribution >= 0.6 is 0 Å². The molecule has 0 aliphatic carbocycles. The molecule has 0 N–H and O–H groups in total. The van der Waals surface area contributed by atoms with Gasteiger partial charge < -0.3 is 13.3 Å². The summed E-state index contributed by atoms with van der Waals surface area (Å²) in [7, 11) is -0.276. The van der Waals surface area contributed by atoms with Gasteiger partial charge in [-0.25, -0.2) is 0 Å². The highest BCUT2D eigenvalue weighted by atomic mass is 29.3. The SMILES string of the molecule is CO[Si]1(C)CCC(C)(C)O[Si]1(C)OC. The maximum absolute atomic E-state index is 6.17. The molecule has 5 heteroatoms. The monoisotopic (exact) mass is 234 g/mol. The zero-order valence-corrected chi connectivity index (χ0v) is 12.1. The van der Waals surface area contributed by atoms with Crippen LogP contribution in [0, 0.1) is 0 Å². The Balaban J connectivity index is 2.93. The summed E-state index contributed by atoms with van der Waals surface area (Å²) >= 11 is 0. The van der Waals surface area contributed by atoms with Gasteiger partial charge in [-0.3, -0.25) is 0 Å². The van der Waals surface area contributed by atoms with Crippen molar-refractivity contribution in [3.05, 3.63) is 0 Å². The van der Waals surface area contributed by atoms with Gasteiger partial charge in [-0.05, 0) is 39.4 Å². The number of rotatable bonds is 2. The predicted molar refractivity (Wildman–Crippen MR) is 61.8 cm³/mol. The summed E-state index contributed by atoms with van der Waals surface area (Å²) < 4.78 is 17.6. The average molecular weight is 234 g/mol. The van der Waals surface area contributed by atoms with Crippen LogP contribution in [0.1, 0.15) is 20.3 Å². The van der Waals surface area contributed by atoms with E-state index in [0.29, 0.717) is 0 Å². The van der Waals surface area contributed by atoms with Crippen molar-refractivity contribution < 1.29 is 13.3 Å². The Morgan fingerprint density at radius 1 is 1.14 bits per heavy atom. The highest BCUT2D eigenvalue weighted by molar-refractivity contribution is 7.34. The van der Waals surface area contributed by atoms with E-state index in [1.54, 1.807) is 14.2 Å². The highest BCUT2D eigenvalue weighted by Crippen LogP contribution is 2.39. The van der Waals surface area contributed by atoms with E-state index in [1.807, 2.05) is 0 Å². The molecule has 0 aromatic carbocycles. The summed E-state index contributed by atoms with van der Waals surface area (Å²) in [4.78, 5) is 0. The molecule has 1 heterocycles. The Morgan fingerprint density at radius 3 is 2.14 bits per heavy atom. The third-order valence-corrected chi connectivity index (χ3v) is 17.3. The molecule has 1 rings (SSSR count). The van der Waals surface area contributed by atoms with E-state index in [4.69, 9.17) is 13.3 Å². The van der Waals surface area contributed by atoms with Gasteiger partial charge in [-0.2, -0.15) is 0 Å². The van der Waals surface area contributed by atoms with Gasteiger partial charge >= 0.3 is 8.08 Å². The van der Waals surface area contributed by atoms with Crippen LogP contribution in [0.15, 0.2) is 0 Å². The second-order valence-electron chi connectivity index (χ2n) is 4.95. The number of hydrogen-bond acceptors (Lipinski definition) is 3. The molecular formula is C9H22O3Si2. The van der Waals surface area contributed by atoms with Gasteiger partial charge in [0.1, 0.15) is 0 Å². The van der Waals surface area contributed by atoms with E-state index in [9.17, 15) is 0 Å². The standard InChI is InChI=1S/C9H22O3Si2/c1-9(2)7-8-13(5,10-3)14(6,11-4)12-9/h7-8H2,1-6H3. The summed E-state index contributed by atoms with van der Waals surface area (Å²) in [6.07, 6.45) is 1.08. The Labute approximate surface area is 88.9 Å². The normalized spacial score (nSPS) is 42.4. The van der Waals surface area contributed by atoms with Crippen molar-refractivity contribution in [3.63, 3.8) is 0 Å². The molecule has 0 spiro atoms. The van der Waals surface area contributed by atoms with Crippen LogP contribution in [0.3, 0.4) is 0 Å². The maximum Gasteiger partial charge on any atom is 0.346 e. The van der Waals surface area contributed by atoms with E-state index >= 15 is 0 Å². The highest BCUT2D eigenvalue weighted by Gasteiger charge is 2.59. The van der Waals surface area contributed by atoms with Gasteiger partial charge in [0.2, 0.25) is 7.83 Å². The summed E-state index contributed by atoms with van der Waals surface area (Å²) in [5.74, 6) is 0. The first-order valence-corrected chi connectivity index (χ1v) is 11.0. The minimum Gasteiger partial charge on any atom is -0.417 e. The first kappa shape index (κ1) is 12.4. The minimum absolute atomic E-state index is 0.0397. The van der Waals surface area contributed by atoms with Crippen LogP contribution in [0.25, 0.3) is 0 Å². The topological polar surface area (TPSA) is 27.7 Å². The second-order valence-corrected chi connectivity index (χ2v) is 16.7. The van der Waals surface area contributed by atoms with Gasteiger partial charge in [0.25, 0.3) is 0 Å². The first-order chi connectivity index (χ1) is 6.29. The molecule has 0 aromatic heterocycles. The second kappa shape index (κ2) is 3.71. The molecule has 0 aromatic rings. The molecule has 0 saturated carbocycles. The zero-order valence-electron chi connectivity index (χ0n) is 10.1. The van der Waals surface area contributed by atoms with Gasteiger partial charge in [0, 0.05) is 14.2 Å². The molecule has 14 heavy (non-hydrogen) atoms. The summed E-state index contributed by atoms with van der Waals surface area (Å²) in [5, 5.41) is 0. The van der Waals surface area contributed by atoms with E-state index < -0.39 is 15.9 Å². The molecule has 2 unspecified atom stereocenters. The summed E-state index contributed by atoms with van der Waals surface area (Å²) in [6, 6.07) is 1.15. The Morgan fingerprint density at radius 2 is 1.71 bits per heavy atom. The van der Waals surface area contributed by atoms with Crippen molar-refractivity contribution >= 4 is 15.9 Å². The van der Waals surface area contributed by atoms with E-state index in [0.717, 1.165) is 12.5 Å². The first-order valence-electron chi connectivity index (χ1n) is 5.09. The van der Waals surface area contributed by atoms with Crippen LogP contribution in [-0.2, 0) is 13.3 Å². The molecule has 0 bridgehead atoms. The maximum atomic E-state index is 6.17. The van der Waals surface area contributed by atoms with Gasteiger partial charge in [-0.15, -0.1) is 0 Å². The average Bonchev–Trinajstić information content (AvgIpc) is 2.12. The Bertz CT molecular complexity index is 222. The van der Waals surface area contributed by atoms with Crippen molar-refractivity contribution in [3.8, 4) is 0 Å². The molecule has 2 atom stereocenters. The van der Waals surface area contributed by atoms with Gasteiger partial charge in [0.15, 0.2) is 0 Å². The zero-order chi connectivity index (χ0) is 11.0. The lowest BCUT2D eigenvalue weighted by Crippen LogP contribution is -2.69. The molecular weight excluding hydrogens is 212 g/mol. The summed E-state index contributed by atoms with van der Waals surface area (Å²) in [6.45, 7) is 8.66. The minimum atomic E-state index is -2.08. The van der Waals surface area contributed by atoms with E-state index in [-0.39, 0.29) is 5.60 Å². The molecule has 0 amide bonds. The molecule has 1 aliphatic rings. The molecule has 1 aliphatic heterocycles. The van der Waals surface area contributed by atoms with Crippen molar-refractivity contribution in [1.29, 1.82) is 0 Å². The fourth-order valence-electron chi connectivity index (χ4n) is 2.00. The third-order valence-electron chi connectivity index (χ3n) is 3.48. The van der Waals surface area contributed by atoms with Crippen molar-refractivity contribution in [2.75, 3.05) is 14.2 Å². The van der Waals surface area contributed by atoms with Crippen molar-refractivity contribution in [2.45, 2.75) is 45.0 Å². The molecule has 3 nitrogen and oxygen atoms in total. The van der Waals surface area contributed by atoms with Gasteiger partial charge in [-0.1, -0.05) is 0 Å². The smallest absolute Gasteiger partial charge is 0.346 e. The molecule has 1 saturated heterocycles. The lowest BCUT2D eigenvalue weighted by Gasteiger charge is -2.49. The Kier molecular flexibility index (Phi) is 3.29. The van der Waals surface area contributed by atoms with E-state index in [2.05, 4.69) is 26.9 Å².